The monoisotopic (exact) mass is 473 g/mol. The highest BCUT2D eigenvalue weighted by atomic mass is 19.4. The predicted octanol–water partition coefficient (Wildman–Crippen LogP) is 2.68. The van der Waals surface area contributed by atoms with Gasteiger partial charge in [-0.3, -0.25) is 9.59 Å². The van der Waals surface area contributed by atoms with Crippen LogP contribution in [0.1, 0.15) is 5.56 Å². The second kappa shape index (κ2) is 9.54. The van der Waals surface area contributed by atoms with Gasteiger partial charge in [0.25, 0.3) is 5.56 Å². The van der Waals surface area contributed by atoms with Crippen LogP contribution in [0.15, 0.2) is 59.5 Å². The lowest BCUT2D eigenvalue weighted by atomic mass is 10.1. The van der Waals surface area contributed by atoms with Gasteiger partial charge in [-0.05, 0) is 42.5 Å². The molecule has 1 saturated heterocycles. The van der Waals surface area contributed by atoms with Gasteiger partial charge >= 0.3 is 6.18 Å². The van der Waals surface area contributed by atoms with E-state index in [1.165, 1.54) is 12.1 Å². The van der Waals surface area contributed by atoms with Crippen molar-refractivity contribution < 1.29 is 22.7 Å². The molecule has 0 aliphatic carbocycles. The maximum absolute atomic E-state index is 12.8. The molecule has 1 fully saturated rings. The summed E-state index contributed by atoms with van der Waals surface area (Å²) in [6.45, 7) is 1.33. The summed E-state index contributed by atoms with van der Waals surface area (Å²) in [7, 11) is 1.57. The molecule has 3 aromatic rings. The molecule has 34 heavy (non-hydrogen) atoms. The lowest BCUT2D eigenvalue weighted by Crippen LogP contribution is -2.50. The number of hydrogen-bond acceptors (Lipinski definition) is 6. The summed E-state index contributed by atoms with van der Waals surface area (Å²) in [6.07, 6.45) is -3.63. The summed E-state index contributed by atoms with van der Waals surface area (Å²) in [5, 5.41) is 4.33. The van der Waals surface area contributed by atoms with Crippen LogP contribution in [0.2, 0.25) is 0 Å². The third-order valence-corrected chi connectivity index (χ3v) is 5.57. The summed E-state index contributed by atoms with van der Waals surface area (Å²) in [5.41, 5.74) is 0.131. The number of alkyl halides is 3. The molecule has 0 atom stereocenters. The van der Waals surface area contributed by atoms with Gasteiger partial charge in [0.1, 0.15) is 18.1 Å². The number of halogens is 3. The van der Waals surface area contributed by atoms with Crippen LogP contribution in [0, 0.1) is 0 Å². The van der Waals surface area contributed by atoms with Gasteiger partial charge in [-0.25, -0.2) is 9.67 Å². The molecule has 0 bridgehead atoms. The Morgan fingerprint density at radius 2 is 1.71 bits per heavy atom. The molecule has 1 aliphatic rings. The van der Waals surface area contributed by atoms with Crippen LogP contribution >= 0.6 is 0 Å². The van der Waals surface area contributed by atoms with Crippen LogP contribution in [-0.2, 0) is 17.5 Å². The number of nitrogens with zero attached hydrogens (tertiary/aromatic N) is 5. The minimum atomic E-state index is -4.44. The molecule has 8 nitrogen and oxygen atoms in total. The van der Waals surface area contributed by atoms with Crippen LogP contribution < -0.4 is 15.2 Å². The Bertz CT molecular complexity index is 1200. The molecule has 0 unspecified atom stereocenters. The van der Waals surface area contributed by atoms with Crippen LogP contribution in [0.4, 0.5) is 19.0 Å². The van der Waals surface area contributed by atoms with E-state index in [-0.39, 0.29) is 12.5 Å². The summed E-state index contributed by atoms with van der Waals surface area (Å²) in [4.78, 5) is 32.4. The number of carbonyl (C=O) groups is 1. The van der Waals surface area contributed by atoms with Crippen molar-refractivity contribution >= 4 is 11.7 Å². The van der Waals surface area contributed by atoms with Crippen LogP contribution in [0.3, 0.4) is 0 Å². The first-order valence-electron chi connectivity index (χ1n) is 10.5. The lowest BCUT2D eigenvalue weighted by molar-refractivity contribution is -0.138. The SMILES string of the molecule is COc1ccc(-c2ccc(=O)n(CC(=O)N3CCN(c4ccc(C(F)(F)F)cn4)CC3)n2)cc1. The van der Waals surface area contributed by atoms with Crippen molar-refractivity contribution in [2.45, 2.75) is 12.7 Å². The average molecular weight is 473 g/mol. The number of aromatic nitrogens is 3. The van der Waals surface area contributed by atoms with Crippen molar-refractivity contribution in [3.05, 3.63) is 70.6 Å². The summed E-state index contributed by atoms with van der Waals surface area (Å²) >= 11 is 0. The van der Waals surface area contributed by atoms with E-state index >= 15 is 0 Å². The van der Waals surface area contributed by atoms with Crippen LogP contribution in [0.25, 0.3) is 11.3 Å². The number of methoxy groups -OCH3 is 1. The van der Waals surface area contributed by atoms with Gasteiger partial charge in [0, 0.05) is 44.0 Å². The average Bonchev–Trinajstić information content (AvgIpc) is 2.85. The van der Waals surface area contributed by atoms with Gasteiger partial charge < -0.3 is 14.5 Å². The number of piperazine rings is 1. The number of anilines is 1. The van der Waals surface area contributed by atoms with Crippen molar-refractivity contribution in [2.75, 3.05) is 38.2 Å². The second-order valence-corrected chi connectivity index (χ2v) is 7.71. The molecule has 11 heteroatoms. The van der Waals surface area contributed by atoms with Gasteiger partial charge in [0.15, 0.2) is 0 Å². The van der Waals surface area contributed by atoms with Crippen LogP contribution in [-0.4, -0.2) is 58.9 Å². The van der Waals surface area contributed by atoms with E-state index in [1.807, 2.05) is 17.0 Å². The number of ether oxygens (including phenoxy) is 1. The largest absolute Gasteiger partial charge is 0.497 e. The van der Waals surface area contributed by atoms with E-state index in [0.717, 1.165) is 22.5 Å². The Labute approximate surface area is 193 Å². The fourth-order valence-corrected chi connectivity index (χ4v) is 3.63. The van der Waals surface area contributed by atoms with E-state index in [2.05, 4.69) is 10.1 Å². The Kier molecular flexibility index (Phi) is 6.53. The highest BCUT2D eigenvalue weighted by Gasteiger charge is 2.31. The Balaban J connectivity index is 1.39. The zero-order valence-corrected chi connectivity index (χ0v) is 18.3. The standard InChI is InChI=1S/C23H22F3N5O3/c1-34-18-5-2-16(3-6-18)19-7-9-21(32)31(28-19)15-22(33)30-12-10-29(11-13-30)20-8-4-17(14-27-20)23(24,25)26/h2-9,14H,10-13,15H2,1H3. The lowest BCUT2D eigenvalue weighted by Gasteiger charge is -2.35. The molecule has 0 radical (unpaired) electrons. The number of pyridine rings is 1. The normalized spacial score (nSPS) is 14.2. The first-order valence-corrected chi connectivity index (χ1v) is 10.5. The van der Waals surface area contributed by atoms with Crippen molar-refractivity contribution in [3.8, 4) is 17.0 Å². The fourth-order valence-electron chi connectivity index (χ4n) is 3.63. The molecule has 178 valence electrons. The zero-order chi connectivity index (χ0) is 24.3. The molecular formula is C23H22F3N5O3. The fraction of sp³-hybridized carbons (Fsp3) is 0.304. The van der Waals surface area contributed by atoms with Gasteiger partial charge in [0.05, 0.1) is 18.4 Å². The minimum absolute atomic E-state index is 0.207. The van der Waals surface area contributed by atoms with Crippen molar-refractivity contribution in [3.63, 3.8) is 0 Å². The quantitative estimate of drug-likeness (QED) is 0.567. The minimum Gasteiger partial charge on any atom is -0.497 e. The molecule has 0 spiro atoms. The van der Waals surface area contributed by atoms with E-state index < -0.39 is 17.3 Å². The van der Waals surface area contributed by atoms with Gasteiger partial charge in [-0.15, -0.1) is 0 Å². The molecule has 4 rings (SSSR count). The Morgan fingerprint density at radius 3 is 2.29 bits per heavy atom. The summed E-state index contributed by atoms with van der Waals surface area (Å²) in [6, 6.07) is 12.5. The molecule has 3 heterocycles. The van der Waals surface area contributed by atoms with E-state index in [1.54, 1.807) is 30.2 Å². The molecular weight excluding hydrogens is 451 g/mol. The van der Waals surface area contributed by atoms with Gasteiger partial charge in [-0.2, -0.15) is 18.3 Å². The maximum Gasteiger partial charge on any atom is 0.417 e. The maximum atomic E-state index is 12.8. The smallest absolute Gasteiger partial charge is 0.417 e. The molecule has 0 saturated carbocycles. The molecule has 1 amide bonds. The van der Waals surface area contributed by atoms with Crippen molar-refractivity contribution in [1.29, 1.82) is 0 Å². The van der Waals surface area contributed by atoms with Gasteiger partial charge in [-0.1, -0.05) is 0 Å². The zero-order valence-electron chi connectivity index (χ0n) is 18.3. The molecule has 1 aliphatic heterocycles. The first-order chi connectivity index (χ1) is 16.2. The summed E-state index contributed by atoms with van der Waals surface area (Å²) < 4.78 is 44.5. The van der Waals surface area contributed by atoms with Crippen molar-refractivity contribution in [2.24, 2.45) is 0 Å². The highest BCUT2D eigenvalue weighted by Crippen LogP contribution is 2.29. The number of benzene rings is 1. The first kappa shape index (κ1) is 23.3. The number of hydrogen-bond donors (Lipinski definition) is 0. The summed E-state index contributed by atoms with van der Waals surface area (Å²) in [5.74, 6) is 0.851. The topological polar surface area (TPSA) is 80.6 Å². The van der Waals surface area contributed by atoms with E-state index in [0.29, 0.717) is 43.4 Å². The predicted molar refractivity (Wildman–Crippen MR) is 119 cm³/mol. The van der Waals surface area contributed by atoms with Gasteiger partial charge in [0.2, 0.25) is 5.91 Å². The number of amides is 1. The third kappa shape index (κ3) is 5.19. The molecule has 2 aromatic heterocycles. The third-order valence-electron chi connectivity index (χ3n) is 5.57. The molecule has 0 N–H and O–H groups in total. The van der Waals surface area contributed by atoms with E-state index in [4.69, 9.17) is 4.74 Å². The Hall–Kier alpha value is -3.89. The second-order valence-electron chi connectivity index (χ2n) is 7.71. The van der Waals surface area contributed by atoms with Crippen LogP contribution in [0.5, 0.6) is 5.75 Å². The van der Waals surface area contributed by atoms with Crippen molar-refractivity contribution in [1.82, 2.24) is 19.7 Å². The highest BCUT2D eigenvalue weighted by molar-refractivity contribution is 5.76. The molecule has 1 aromatic carbocycles. The number of carbonyl (C=O) groups excluding carboxylic acids is 1. The Morgan fingerprint density at radius 1 is 1.00 bits per heavy atom. The number of rotatable bonds is 5. The van der Waals surface area contributed by atoms with E-state index in [9.17, 15) is 22.8 Å².